The third-order valence-electron chi connectivity index (χ3n) is 5.65. The Bertz CT molecular complexity index is 1060. The molecule has 8 nitrogen and oxygen atoms in total. The van der Waals surface area contributed by atoms with E-state index < -0.39 is 0 Å². The highest BCUT2D eigenvalue weighted by Crippen LogP contribution is 2.38. The molecule has 2 aromatic carbocycles. The van der Waals surface area contributed by atoms with Crippen LogP contribution in [-0.4, -0.2) is 59.5 Å². The summed E-state index contributed by atoms with van der Waals surface area (Å²) in [5, 5.41) is 11.8. The first-order valence-electron chi connectivity index (χ1n) is 11.1. The summed E-state index contributed by atoms with van der Waals surface area (Å²) in [6, 6.07) is 12.5. The molecule has 8 heteroatoms. The van der Waals surface area contributed by atoms with Gasteiger partial charge in [-0.05, 0) is 35.6 Å². The van der Waals surface area contributed by atoms with E-state index in [4.69, 9.17) is 4.74 Å². The Hall–Kier alpha value is -3.68. The van der Waals surface area contributed by atoms with Gasteiger partial charge in [-0.15, -0.1) is 0 Å². The summed E-state index contributed by atoms with van der Waals surface area (Å²) in [5.74, 6) is -0.0247. The topological polar surface area (TPSA) is 93.0 Å². The number of nitro groups is 1. The fourth-order valence-electron chi connectivity index (χ4n) is 3.96. The van der Waals surface area contributed by atoms with Crippen LogP contribution >= 0.6 is 0 Å². The Balaban J connectivity index is 1.86. The monoisotopic (exact) mass is 451 g/mol. The number of rotatable bonds is 6. The minimum atomic E-state index is -0.389. The summed E-state index contributed by atoms with van der Waals surface area (Å²) in [6.45, 7) is 7.77. The van der Waals surface area contributed by atoms with Gasteiger partial charge in [0.15, 0.2) is 0 Å². The number of nitro benzene ring substituents is 1. The molecule has 1 heterocycles. The van der Waals surface area contributed by atoms with Crippen LogP contribution in [0.3, 0.4) is 0 Å². The quantitative estimate of drug-likeness (QED) is 0.361. The molecule has 33 heavy (non-hydrogen) atoms. The molecular weight excluding hydrogens is 422 g/mol. The van der Waals surface area contributed by atoms with Gasteiger partial charge in [0.2, 0.25) is 5.91 Å². The van der Waals surface area contributed by atoms with E-state index in [0.717, 1.165) is 11.1 Å². The van der Waals surface area contributed by atoms with Crippen molar-refractivity contribution in [2.24, 2.45) is 0 Å². The summed E-state index contributed by atoms with van der Waals surface area (Å²) < 4.78 is 5.01. The smallest absolute Gasteiger partial charge is 0.409 e. The summed E-state index contributed by atoms with van der Waals surface area (Å²) in [6.07, 6.45) is 2.71. The second kappa shape index (κ2) is 10.8. The number of nitrogens with zero attached hydrogens (tertiary/aromatic N) is 3. The highest BCUT2D eigenvalue weighted by Gasteiger charge is 2.24. The Morgan fingerprint density at radius 1 is 1.06 bits per heavy atom. The van der Waals surface area contributed by atoms with Gasteiger partial charge in [0, 0.05) is 38.3 Å². The first kappa shape index (κ1) is 24.0. The van der Waals surface area contributed by atoms with Crippen LogP contribution in [0.15, 0.2) is 48.5 Å². The van der Waals surface area contributed by atoms with Crippen LogP contribution in [0, 0.1) is 10.1 Å². The van der Waals surface area contributed by atoms with E-state index >= 15 is 0 Å². The van der Waals surface area contributed by atoms with Gasteiger partial charge >= 0.3 is 6.09 Å². The first-order chi connectivity index (χ1) is 15.8. The summed E-state index contributed by atoms with van der Waals surface area (Å²) in [5.41, 5.74) is 2.90. The average Bonchev–Trinajstić information content (AvgIpc) is 2.82. The summed E-state index contributed by atoms with van der Waals surface area (Å²) >= 11 is 0. The van der Waals surface area contributed by atoms with Crippen molar-refractivity contribution < 1.29 is 19.2 Å². The molecule has 1 aliphatic heterocycles. The van der Waals surface area contributed by atoms with Crippen LogP contribution in [-0.2, 0) is 9.53 Å². The Labute approximate surface area is 193 Å². The van der Waals surface area contributed by atoms with Crippen LogP contribution < -0.4 is 0 Å². The van der Waals surface area contributed by atoms with Crippen LogP contribution in [0.4, 0.5) is 10.5 Å². The lowest BCUT2D eigenvalue weighted by Crippen LogP contribution is -2.50. The molecule has 1 fully saturated rings. The standard InChI is InChI=1S/C25H29N3O5/c1-4-33-25(30)27-16-14-26(15-17-27)23(29)13-12-19-8-7-11-22(28(31)32)24(19)21-10-6-5-9-20(21)18(2)3/h5-13,18H,4,14-17H2,1-3H3/b13-12+. The van der Waals surface area contributed by atoms with E-state index in [2.05, 4.69) is 0 Å². The minimum absolute atomic E-state index is 0.000694. The zero-order valence-electron chi connectivity index (χ0n) is 19.2. The van der Waals surface area contributed by atoms with E-state index in [0.29, 0.717) is 43.9 Å². The molecule has 0 aliphatic carbocycles. The van der Waals surface area contributed by atoms with Gasteiger partial charge in [0.1, 0.15) is 0 Å². The molecule has 3 rings (SSSR count). The van der Waals surface area contributed by atoms with E-state index in [9.17, 15) is 19.7 Å². The molecule has 1 aliphatic rings. The van der Waals surface area contributed by atoms with Gasteiger partial charge in [-0.3, -0.25) is 14.9 Å². The maximum absolute atomic E-state index is 12.8. The Morgan fingerprint density at radius 3 is 2.36 bits per heavy atom. The molecule has 0 N–H and O–H groups in total. The number of piperazine rings is 1. The number of hydrogen-bond acceptors (Lipinski definition) is 5. The number of amides is 2. The van der Waals surface area contributed by atoms with Crippen molar-refractivity contribution in [3.8, 4) is 11.1 Å². The molecule has 0 saturated carbocycles. The van der Waals surface area contributed by atoms with Gasteiger partial charge < -0.3 is 14.5 Å². The van der Waals surface area contributed by atoms with Crippen LogP contribution in [0.25, 0.3) is 17.2 Å². The summed E-state index contributed by atoms with van der Waals surface area (Å²) in [7, 11) is 0. The molecular formula is C25H29N3O5. The average molecular weight is 452 g/mol. The minimum Gasteiger partial charge on any atom is -0.450 e. The second-order valence-corrected chi connectivity index (χ2v) is 8.09. The lowest BCUT2D eigenvalue weighted by molar-refractivity contribution is -0.384. The third kappa shape index (κ3) is 5.58. The lowest BCUT2D eigenvalue weighted by Gasteiger charge is -2.33. The second-order valence-electron chi connectivity index (χ2n) is 8.09. The van der Waals surface area contributed by atoms with Gasteiger partial charge in [0.05, 0.1) is 17.1 Å². The fourth-order valence-corrected chi connectivity index (χ4v) is 3.96. The molecule has 0 bridgehead atoms. The van der Waals surface area contributed by atoms with Crippen LogP contribution in [0.2, 0.25) is 0 Å². The molecule has 0 atom stereocenters. The van der Waals surface area contributed by atoms with Crippen molar-refractivity contribution in [1.82, 2.24) is 9.80 Å². The SMILES string of the molecule is CCOC(=O)N1CCN(C(=O)/C=C/c2cccc([N+](=O)[O-])c2-c2ccccc2C(C)C)CC1. The maximum atomic E-state index is 12.8. The fraction of sp³-hybridized carbons (Fsp3) is 0.360. The van der Waals surface area contributed by atoms with E-state index in [-0.39, 0.29) is 28.5 Å². The number of carbonyl (C=O) groups excluding carboxylic acids is 2. The van der Waals surface area contributed by atoms with Gasteiger partial charge in [0.25, 0.3) is 5.69 Å². The molecule has 0 unspecified atom stereocenters. The highest BCUT2D eigenvalue weighted by molar-refractivity contribution is 5.94. The van der Waals surface area contributed by atoms with Gasteiger partial charge in [-0.2, -0.15) is 0 Å². The summed E-state index contributed by atoms with van der Waals surface area (Å²) in [4.78, 5) is 39.3. The van der Waals surface area contributed by atoms with Crippen molar-refractivity contribution in [2.45, 2.75) is 26.7 Å². The molecule has 0 radical (unpaired) electrons. The highest BCUT2D eigenvalue weighted by atomic mass is 16.6. The largest absolute Gasteiger partial charge is 0.450 e. The Morgan fingerprint density at radius 2 is 1.73 bits per heavy atom. The van der Waals surface area contributed by atoms with E-state index in [1.54, 1.807) is 34.9 Å². The number of benzene rings is 2. The van der Waals surface area contributed by atoms with Crippen molar-refractivity contribution in [3.63, 3.8) is 0 Å². The predicted octanol–water partition coefficient (Wildman–Crippen LogP) is 4.70. The normalized spacial score (nSPS) is 14.1. The number of ether oxygens (including phenoxy) is 1. The number of carbonyl (C=O) groups is 2. The molecule has 0 aromatic heterocycles. The van der Waals surface area contributed by atoms with Gasteiger partial charge in [-0.1, -0.05) is 50.2 Å². The Kier molecular flexibility index (Phi) is 7.82. The van der Waals surface area contributed by atoms with Crippen molar-refractivity contribution in [2.75, 3.05) is 32.8 Å². The number of hydrogen-bond donors (Lipinski definition) is 0. The van der Waals surface area contributed by atoms with E-state index in [1.165, 1.54) is 12.1 Å². The van der Waals surface area contributed by atoms with Crippen molar-refractivity contribution in [3.05, 3.63) is 69.8 Å². The third-order valence-corrected chi connectivity index (χ3v) is 5.65. The molecule has 0 spiro atoms. The van der Waals surface area contributed by atoms with Crippen LogP contribution in [0.5, 0.6) is 0 Å². The van der Waals surface area contributed by atoms with Gasteiger partial charge in [-0.25, -0.2) is 4.79 Å². The van der Waals surface area contributed by atoms with Crippen molar-refractivity contribution in [1.29, 1.82) is 0 Å². The van der Waals surface area contributed by atoms with Crippen molar-refractivity contribution >= 4 is 23.8 Å². The molecule has 2 aromatic rings. The molecule has 2 amide bonds. The lowest BCUT2D eigenvalue weighted by atomic mass is 9.89. The molecule has 174 valence electrons. The zero-order chi connectivity index (χ0) is 24.0. The zero-order valence-corrected chi connectivity index (χ0v) is 19.2. The first-order valence-corrected chi connectivity index (χ1v) is 11.1. The molecule has 1 saturated heterocycles. The van der Waals surface area contributed by atoms with Crippen LogP contribution in [0.1, 0.15) is 37.8 Å². The predicted molar refractivity (Wildman–Crippen MR) is 127 cm³/mol. The van der Waals surface area contributed by atoms with E-state index in [1.807, 2.05) is 38.1 Å². The maximum Gasteiger partial charge on any atom is 0.409 e.